The molecule has 0 atom stereocenters. The van der Waals surface area contributed by atoms with E-state index in [0.717, 1.165) is 12.8 Å². The van der Waals surface area contributed by atoms with Gasteiger partial charge in [0.05, 0.1) is 0 Å². The van der Waals surface area contributed by atoms with Gasteiger partial charge in [0.15, 0.2) is 0 Å². The number of carbonyl (C=O) groups excluding carboxylic acids is 2. The van der Waals surface area contributed by atoms with Crippen molar-refractivity contribution in [2.24, 2.45) is 0 Å². The van der Waals surface area contributed by atoms with Crippen molar-refractivity contribution in [2.75, 3.05) is 13.1 Å². The predicted octanol–water partition coefficient (Wildman–Crippen LogP) is 1.60. The lowest BCUT2D eigenvalue weighted by Gasteiger charge is -2.44. The van der Waals surface area contributed by atoms with Crippen LogP contribution in [0.15, 0.2) is 0 Å². The van der Waals surface area contributed by atoms with Crippen LogP contribution in [0.4, 0.5) is 13.2 Å². The largest absolute Gasteiger partial charge is 0.397 e. The first kappa shape index (κ1) is 14.1. The summed E-state index contributed by atoms with van der Waals surface area (Å²) in [4.78, 5) is 24.1. The molecular formula is C12H17F3N2O2. The van der Waals surface area contributed by atoms with Crippen molar-refractivity contribution in [3.05, 3.63) is 0 Å². The molecule has 2 aliphatic rings. The zero-order chi connectivity index (χ0) is 14.1. The number of hydrogen-bond donors (Lipinski definition) is 1. The first-order valence-electron chi connectivity index (χ1n) is 6.45. The van der Waals surface area contributed by atoms with Crippen LogP contribution in [0.1, 0.15) is 38.5 Å². The number of amides is 2. The van der Waals surface area contributed by atoms with E-state index in [9.17, 15) is 22.8 Å². The van der Waals surface area contributed by atoms with Gasteiger partial charge < -0.3 is 10.2 Å². The lowest BCUT2D eigenvalue weighted by atomic mass is 9.80. The van der Waals surface area contributed by atoms with E-state index < -0.39 is 18.5 Å². The maximum absolute atomic E-state index is 12.2. The summed E-state index contributed by atoms with van der Waals surface area (Å²) in [6.45, 7) is 0.574. The van der Waals surface area contributed by atoms with Crippen LogP contribution < -0.4 is 5.32 Å². The van der Waals surface area contributed by atoms with Crippen molar-refractivity contribution >= 4 is 11.8 Å². The Balaban J connectivity index is 1.88. The van der Waals surface area contributed by atoms with E-state index in [4.69, 9.17) is 0 Å². The summed E-state index contributed by atoms with van der Waals surface area (Å²) >= 11 is 0. The molecule has 0 aromatic heterocycles. The van der Waals surface area contributed by atoms with Gasteiger partial charge in [-0.1, -0.05) is 0 Å². The maximum Gasteiger partial charge on any atom is 0.397 e. The molecule has 0 aromatic carbocycles. The smallest absolute Gasteiger partial charge is 0.351 e. The minimum absolute atomic E-state index is 0.00122. The van der Waals surface area contributed by atoms with Crippen molar-refractivity contribution < 1.29 is 22.8 Å². The first-order valence-corrected chi connectivity index (χ1v) is 6.45. The van der Waals surface area contributed by atoms with Crippen LogP contribution in [0.5, 0.6) is 0 Å². The summed E-state index contributed by atoms with van der Waals surface area (Å²) < 4.78 is 36.5. The van der Waals surface area contributed by atoms with Crippen molar-refractivity contribution in [1.82, 2.24) is 10.2 Å². The molecule has 2 fully saturated rings. The van der Waals surface area contributed by atoms with Gasteiger partial charge in [0.1, 0.15) is 6.42 Å². The Bertz CT molecular complexity index is 374. The van der Waals surface area contributed by atoms with Gasteiger partial charge in [-0.3, -0.25) is 9.59 Å². The normalized spacial score (nSPS) is 23.3. The standard InChI is InChI=1S/C12H17F3N2O2/c13-12(14,15)8-10(19)17-6-4-11(5-7-17)3-1-2-9(18)16-11/h1-8H2,(H,16,18). The molecule has 0 unspecified atom stereocenters. The molecular weight excluding hydrogens is 261 g/mol. The van der Waals surface area contributed by atoms with E-state index in [1.165, 1.54) is 4.90 Å². The second-order valence-electron chi connectivity index (χ2n) is 5.35. The lowest BCUT2D eigenvalue weighted by Crippen LogP contribution is -2.58. The first-order chi connectivity index (χ1) is 8.80. The van der Waals surface area contributed by atoms with E-state index in [1.807, 2.05) is 0 Å². The fourth-order valence-corrected chi connectivity index (χ4v) is 2.85. The molecule has 1 N–H and O–H groups in total. The molecule has 19 heavy (non-hydrogen) atoms. The molecule has 0 aromatic rings. The quantitative estimate of drug-likeness (QED) is 0.792. The predicted molar refractivity (Wildman–Crippen MR) is 61.2 cm³/mol. The van der Waals surface area contributed by atoms with Gasteiger partial charge in [0.2, 0.25) is 11.8 Å². The number of nitrogens with one attached hydrogen (secondary N) is 1. The Labute approximate surface area is 109 Å². The lowest BCUT2D eigenvalue weighted by molar-refractivity contribution is -0.162. The van der Waals surface area contributed by atoms with Crippen LogP contribution in [0.3, 0.4) is 0 Å². The van der Waals surface area contributed by atoms with Crippen molar-refractivity contribution in [3.63, 3.8) is 0 Å². The molecule has 0 saturated carbocycles. The van der Waals surface area contributed by atoms with Crippen molar-refractivity contribution in [3.8, 4) is 0 Å². The second-order valence-corrected chi connectivity index (χ2v) is 5.35. The van der Waals surface area contributed by atoms with E-state index in [-0.39, 0.29) is 24.5 Å². The Kier molecular flexibility index (Phi) is 3.73. The van der Waals surface area contributed by atoms with Crippen molar-refractivity contribution in [1.29, 1.82) is 0 Å². The molecule has 0 radical (unpaired) electrons. The number of carbonyl (C=O) groups is 2. The number of nitrogens with zero attached hydrogens (tertiary/aromatic N) is 1. The van der Waals surface area contributed by atoms with Gasteiger partial charge in [-0.15, -0.1) is 0 Å². The summed E-state index contributed by atoms with van der Waals surface area (Å²) in [6.07, 6.45) is -2.59. The molecule has 2 saturated heterocycles. The number of hydrogen-bond acceptors (Lipinski definition) is 2. The van der Waals surface area contributed by atoms with E-state index >= 15 is 0 Å². The summed E-state index contributed by atoms with van der Waals surface area (Å²) in [5.74, 6) is -0.870. The minimum atomic E-state index is -4.45. The number of halogens is 3. The average Bonchev–Trinajstić information content (AvgIpc) is 2.27. The van der Waals surface area contributed by atoms with Crippen LogP contribution in [-0.2, 0) is 9.59 Å². The monoisotopic (exact) mass is 278 g/mol. The molecule has 2 heterocycles. The zero-order valence-corrected chi connectivity index (χ0v) is 10.6. The molecule has 4 nitrogen and oxygen atoms in total. The molecule has 2 rings (SSSR count). The number of piperidine rings is 2. The fraction of sp³-hybridized carbons (Fsp3) is 0.833. The number of rotatable bonds is 1. The molecule has 0 bridgehead atoms. The molecule has 2 amide bonds. The summed E-state index contributed by atoms with van der Waals surface area (Å²) in [5, 5.41) is 2.94. The number of alkyl halides is 3. The number of likely N-dealkylation sites (tertiary alicyclic amines) is 1. The Morgan fingerprint density at radius 1 is 1.26 bits per heavy atom. The zero-order valence-electron chi connectivity index (χ0n) is 10.6. The van der Waals surface area contributed by atoms with Gasteiger partial charge in [-0.2, -0.15) is 13.2 Å². The highest BCUT2D eigenvalue weighted by molar-refractivity contribution is 5.78. The fourth-order valence-electron chi connectivity index (χ4n) is 2.85. The van der Waals surface area contributed by atoms with Crippen LogP contribution in [0.2, 0.25) is 0 Å². The highest BCUT2D eigenvalue weighted by Crippen LogP contribution is 2.31. The highest BCUT2D eigenvalue weighted by atomic mass is 19.4. The summed E-state index contributed by atoms with van der Waals surface area (Å²) in [6, 6.07) is 0. The highest BCUT2D eigenvalue weighted by Gasteiger charge is 2.40. The Morgan fingerprint density at radius 2 is 1.89 bits per heavy atom. The van der Waals surface area contributed by atoms with Crippen LogP contribution >= 0.6 is 0 Å². The van der Waals surface area contributed by atoms with Crippen LogP contribution in [-0.4, -0.2) is 41.5 Å². The van der Waals surface area contributed by atoms with E-state index in [1.54, 1.807) is 0 Å². The van der Waals surface area contributed by atoms with E-state index in [0.29, 0.717) is 19.3 Å². The third-order valence-corrected chi connectivity index (χ3v) is 3.89. The van der Waals surface area contributed by atoms with Crippen LogP contribution in [0, 0.1) is 0 Å². The Hall–Kier alpha value is -1.27. The van der Waals surface area contributed by atoms with E-state index in [2.05, 4.69) is 5.32 Å². The van der Waals surface area contributed by atoms with Gasteiger partial charge >= 0.3 is 6.18 Å². The van der Waals surface area contributed by atoms with Crippen LogP contribution in [0.25, 0.3) is 0 Å². The molecule has 1 spiro atoms. The van der Waals surface area contributed by atoms with Gasteiger partial charge in [-0.05, 0) is 25.7 Å². The molecule has 108 valence electrons. The average molecular weight is 278 g/mol. The van der Waals surface area contributed by atoms with Crippen molar-refractivity contribution in [2.45, 2.75) is 50.2 Å². The molecule has 2 aliphatic heterocycles. The van der Waals surface area contributed by atoms with Gasteiger partial charge in [-0.25, -0.2) is 0 Å². The SMILES string of the molecule is O=C1CCCC2(CCN(C(=O)CC(F)(F)F)CC2)N1. The maximum atomic E-state index is 12.2. The Morgan fingerprint density at radius 3 is 2.42 bits per heavy atom. The minimum Gasteiger partial charge on any atom is -0.351 e. The topological polar surface area (TPSA) is 49.4 Å². The molecule has 7 heteroatoms. The summed E-state index contributed by atoms with van der Waals surface area (Å²) in [7, 11) is 0. The third-order valence-electron chi connectivity index (χ3n) is 3.89. The summed E-state index contributed by atoms with van der Waals surface area (Å²) in [5.41, 5.74) is -0.301. The van der Waals surface area contributed by atoms with Gasteiger partial charge in [0, 0.05) is 25.0 Å². The van der Waals surface area contributed by atoms with Gasteiger partial charge in [0.25, 0.3) is 0 Å². The second kappa shape index (κ2) is 5.02. The third kappa shape index (κ3) is 3.61. The molecule has 0 aliphatic carbocycles.